The SMILES string of the molecule is COc1ccc(NC(=O)C2CCC(c3cccc(C)c3)N(C(=O)c3ccc(F)cc3)C2)c(OC)c1. The second kappa shape index (κ2) is 10.6. The average molecular weight is 477 g/mol. The predicted molar refractivity (Wildman–Crippen MR) is 132 cm³/mol. The van der Waals surface area contributed by atoms with Gasteiger partial charge in [-0.1, -0.05) is 29.8 Å². The van der Waals surface area contributed by atoms with Gasteiger partial charge in [-0.3, -0.25) is 9.59 Å². The topological polar surface area (TPSA) is 67.9 Å². The maximum Gasteiger partial charge on any atom is 0.254 e. The zero-order chi connectivity index (χ0) is 24.9. The fourth-order valence-electron chi connectivity index (χ4n) is 4.53. The van der Waals surface area contributed by atoms with Crippen molar-refractivity contribution < 1.29 is 23.5 Å². The number of nitrogens with zero attached hydrogens (tertiary/aromatic N) is 1. The molecule has 3 aromatic rings. The molecule has 7 heteroatoms. The van der Waals surface area contributed by atoms with Gasteiger partial charge in [-0.2, -0.15) is 0 Å². The number of anilines is 1. The molecule has 0 saturated carbocycles. The van der Waals surface area contributed by atoms with Crippen molar-refractivity contribution in [1.29, 1.82) is 0 Å². The molecule has 0 bridgehead atoms. The molecular weight excluding hydrogens is 447 g/mol. The van der Waals surface area contributed by atoms with Crippen LogP contribution in [0.1, 0.15) is 40.4 Å². The van der Waals surface area contributed by atoms with Crippen LogP contribution in [0.5, 0.6) is 11.5 Å². The number of benzene rings is 3. The van der Waals surface area contributed by atoms with E-state index in [0.29, 0.717) is 35.6 Å². The van der Waals surface area contributed by atoms with E-state index in [2.05, 4.69) is 11.4 Å². The number of rotatable bonds is 6. The number of carbonyl (C=O) groups is 2. The van der Waals surface area contributed by atoms with Gasteiger partial charge in [0.25, 0.3) is 5.91 Å². The molecular formula is C28H29FN2O4. The Labute approximate surface area is 204 Å². The van der Waals surface area contributed by atoms with Crippen molar-refractivity contribution in [2.75, 3.05) is 26.1 Å². The maximum atomic E-state index is 13.5. The van der Waals surface area contributed by atoms with Gasteiger partial charge in [0.2, 0.25) is 5.91 Å². The summed E-state index contributed by atoms with van der Waals surface area (Å²) in [7, 11) is 3.09. The van der Waals surface area contributed by atoms with Crippen LogP contribution in [0.4, 0.5) is 10.1 Å². The minimum Gasteiger partial charge on any atom is -0.497 e. The molecule has 2 unspecified atom stereocenters. The molecule has 35 heavy (non-hydrogen) atoms. The van der Waals surface area contributed by atoms with Crippen molar-refractivity contribution in [2.45, 2.75) is 25.8 Å². The Balaban J connectivity index is 1.59. The van der Waals surface area contributed by atoms with Crippen molar-refractivity contribution in [2.24, 2.45) is 5.92 Å². The van der Waals surface area contributed by atoms with Gasteiger partial charge in [0.1, 0.15) is 17.3 Å². The first-order chi connectivity index (χ1) is 16.9. The van der Waals surface area contributed by atoms with Crippen molar-refractivity contribution in [3.05, 3.63) is 89.2 Å². The third kappa shape index (κ3) is 5.45. The highest BCUT2D eigenvalue weighted by molar-refractivity contribution is 5.97. The Morgan fingerprint density at radius 3 is 2.43 bits per heavy atom. The highest BCUT2D eigenvalue weighted by Crippen LogP contribution is 2.36. The fourth-order valence-corrected chi connectivity index (χ4v) is 4.53. The van der Waals surface area contributed by atoms with Crippen molar-refractivity contribution in [3.8, 4) is 11.5 Å². The van der Waals surface area contributed by atoms with Gasteiger partial charge >= 0.3 is 0 Å². The minimum atomic E-state index is -0.410. The Bertz CT molecular complexity index is 1210. The van der Waals surface area contributed by atoms with Gasteiger partial charge in [-0.25, -0.2) is 4.39 Å². The highest BCUT2D eigenvalue weighted by Gasteiger charge is 2.36. The van der Waals surface area contributed by atoms with Crippen LogP contribution in [-0.4, -0.2) is 37.5 Å². The molecule has 0 aliphatic carbocycles. The number of likely N-dealkylation sites (tertiary alicyclic amines) is 1. The first-order valence-corrected chi connectivity index (χ1v) is 11.6. The van der Waals surface area contributed by atoms with Crippen LogP contribution < -0.4 is 14.8 Å². The smallest absolute Gasteiger partial charge is 0.254 e. The molecule has 2 amide bonds. The fraction of sp³-hybridized carbons (Fsp3) is 0.286. The van der Waals surface area contributed by atoms with Crippen LogP contribution >= 0.6 is 0 Å². The van der Waals surface area contributed by atoms with Gasteiger partial charge in [0.15, 0.2) is 0 Å². The lowest BCUT2D eigenvalue weighted by Gasteiger charge is -2.39. The number of aryl methyl sites for hydroxylation is 1. The van der Waals surface area contributed by atoms with Crippen LogP contribution in [0.25, 0.3) is 0 Å². The third-order valence-corrected chi connectivity index (χ3v) is 6.40. The molecule has 3 aromatic carbocycles. The van der Waals surface area contributed by atoms with E-state index in [4.69, 9.17) is 9.47 Å². The first-order valence-electron chi connectivity index (χ1n) is 11.6. The summed E-state index contributed by atoms with van der Waals surface area (Å²) < 4.78 is 24.1. The van der Waals surface area contributed by atoms with Gasteiger partial charge in [0, 0.05) is 18.2 Å². The molecule has 1 aliphatic heterocycles. The second-order valence-electron chi connectivity index (χ2n) is 8.72. The molecule has 2 atom stereocenters. The summed E-state index contributed by atoms with van der Waals surface area (Å²) in [5.41, 5.74) is 3.05. The van der Waals surface area contributed by atoms with E-state index in [9.17, 15) is 14.0 Å². The molecule has 1 aliphatic rings. The lowest BCUT2D eigenvalue weighted by Crippen LogP contribution is -2.45. The largest absolute Gasteiger partial charge is 0.497 e. The zero-order valence-corrected chi connectivity index (χ0v) is 20.1. The molecule has 1 saturated heterocycles. The lowest BCUT2D eigenvalue weighted by atomic mass is 9.87. The van der Waals surface area contributed by atoms with Crippen LogP contribution in [0, 0.1) is 18.7 Å². The van der Waals surface area contributed by atoms with Crippen LogP contribution in [-0.2, 0) is 4.79 Å². The zero-order valence-electron chi connectivity index (χ0n) is 20.1. The highest BCUT2D eigenvalue weighted by atomic mass is 19.1. The number of methoxy groups -OCH3 is 2. The van der Waals surface area contributed by atoms with Gasteiger partial charge < -0.3 is 19.7 Å². The summed E-state index contributed by atoms with van der Waals surface area (Å²) in [4.78, 5) is 28.5. The lowest BCUT2D eigenvalue weighted by molar-refractivity contribution is -0.121. The number of nitrogens with one attached hydrogen (secondary N) is 1. The molecule has 4 rings (SSSR count). The summed E-state index contributed by atoms with van der Waals surface area (Å²) >= 11 is 0. The number of piperidine rings is 1. The average Bonchev–Trinajstić information content (AvgIpc) is 2.88. The molecule has 182 valence electrons. The molecule has 0 radical (unpaired) electrons. The monoisotopic (exact) mass is 476 g/mol. The number of ether oxygens (including phenoxy) is 2. The number of hydrogen-bond donors (Lipinski definition) is 1. The minimum absolute atomic E-state index is 0.174. The van der Waals surface area contributed by atoms with E-state index in [1.807, 2.05) is 25.1 Å². The van der Waals surface area contributed by atoms with E-state index in [0.717, 1.165) is 11.1 Å². The Morgan fingerprint density at radius 1 is 0.971 bits per heavy atom. The first kappa shape index (κ1) is 24.3. The molecule has 6 nitrogen and oxygen atoms in total. The van der Waals surface area contributed by atoms with E-state index >= 15 is 0 Å². The van der Waals surface area contributed by atoms with Crippen molar-refractivity contribution >= 4 is 17.5 Å². The second-order valence-corrected chi connectivity index (χ2v) is 8.72. The number of carbonyl (C=O) groups excluding carboxylic acids is 2. The summed E-state index contributed by atoms with van der Waals surface area (Å²) in [5, 5.41) is 2.95. The molecule has 0 spiro atoms. The Kier molecular flexibility index (Phi) is 7.34. The van der Waals surface area contributed by atoms with E-state index in [1.165, 1.54) is 31.4 Å². The van der Waals surface area contributed by atoms with Crippen LogP contribution in [0.3, 0.4) is 0 Å². The summed E-state index contributed by atoms with van der Waals surface area (Å²) in [6, 6.07) is 18.6. The van der Waals surface area contributed by atoms with Gasteiger partial charge in [-0.05, 0) is 61.7 Å². The normalized spacial score (nSPS) is 17.5. The number of halogens is 1. The standard InChI is InChI=1S/C28H29FN2O4/c1-18-5-4-6-20(15-18)25-14-9-21(17-31(25)28(33)19-7-10-22(29)11-8-19)27(32)30-24-13-12-23(34-2)16-26(24)35-3/h4-8,10-13,15-16,21,25H,9,14,17H2,1-3H3,(H,30,32). The van der Waals surface area contributed by atoms with Crippen LogP contribution in [0.15, 0.2) is 66.7 Å². The van der Waals surface area contributed by atoms with Gasteiger partial charge in [0.05, 0.1) is 31.9 Å². The molecule has 1 heterocycles. The quantitative estimate of drug-likeness (QED) is 0.519. The Hall–Kier alpha value is -3.87. The van der Waals surface area contributed by atoms with E-state index in [1.54, 1.807) is 30.2 Å². The van der Waals surface area contributed by atoms with E-state index < -0.39 is 11.7 Å². The Morgan fingerprint density at radius 2 is 1.74 bits per heavy atom. The maximum absolute atomic E-state index is 13.5. The number of amides is 2. The van der Waals surface area contributed by atoms with Crippen molar-refractivity contribution in [3.63, 3.8) is 0 Å². The van der Waals surface area contributed by atoms with Crippen LogP contribution in [0.2, 0.25) is 0 Å². The van der Waals surface area contributed by atoms with E-state index in [-0.39, 0.29) is 24.4 Å². The summed E-state index contributed by atoms with van der Waals surface area (Å²) in [6.45, 7) is 2.26. The molecule has 0 aromatic heterocycles. The number of hydrogen-bond acceptors (Lipinski definition) is 4. The third-order valence-electron chi connectivity index (χ3n) is 6.40. The summed E-state index contributed by atoms with van der Waals surface area (Å²) in [6.07, 6.45) is 1.25. The van der Waals surface area contributed by atoms with Gasteiger partial charge in [-0.15, -0.1) is 0 Å². The van der Waals surface area contributed by atoms with Crippen molar-refractivity contribution in [1.82, 2.24) is 4.90 Å². The summed E-state index contributed by atoms with van der Waals surface area (Å²) in [5.74, 6) is -0.113. The predicted octanol–water partition coefficient (Wildman–Crippen LogP) is 5.38. The molecule has 1 fully saturated rings. The molecule has 1 N–H and O–H groups in total.